The Bertz CT molecular complexity index is 786. The molecule has 0 unspecified atom stereocenters. The number of aromatic nitrogens is 1. The summed E-state index contributed by atoms with van der Waals surface area (Å²) < 4.78 is 2.01. The van der Waals surface area contributed by atoms with Gasteiger partial charge in [0.2, 0.25) is 5.91 Å². The zero-order valence-electron chi connectivity index (χ0n) is 13.4. The average molecular weight is 384 g/mol. The number of anilines is 1. The van der Waals surface area contributed by atoms with Crippen molar-refractivity contribution >= 4 is 46.1 Å². The number of rotatable bonds is 4. The summed E-state index contributed by atoms with van der Waals surface area (Å²) in [7, 11) is 1.96. The van der Waals surface area contributed by atoms with E-state index in [1.165, 1.54) is 25.7 Å². The van der Waals surface area contributed by atoms with Gasteiger partial charge in [-0.05, 0) is 31.0 Å². The van der Waals surface area contributed by atoms with E-state index in [0.29, 0.717) is 21.8 Å². The zero-order valence-corrected chi connectivity index (χ0v) is 15.7. The van der Waals surface area contributed by atoms with E-state index >= 15 is 0 Å². The highest BCUT2D eigenvalue weighted by Crippen LogP contribution is 2.23. The number of hydrogen-bond donors (Lipinski definition) is 1. The second-order valence-corrected chi connectivity index (χ2v) is 7.73. The van der Waals surface area contributed by atoms with Crippen LogP contribution in [0.25, 0.3) is 0 Å². The molecule has 1 aliphatic carbocycles. The average Bonchev–Trinajstić information content (AvgIpc) is 3.11. The number of benzene rings is 1. The molecule has 0 aliphatic heterocycles. The summed E-state index contributed by atoms with van der Waals surface area (Å²) in [6, 6.07) is 5.43. The zero-order chi connectivity index (χ0) is 17.1. The molecule has 128 valence electrons. The van der Waals surface area contributed by atoms with Gasteiger partial charge >= 0.3 is 0 Å². The molecule has 0 bridgehead atoms. The first kappa shape index (κ1) is 17.5. The molecule has 1 amide bonds. The minimum atomic E-state index is -0.103. The van der Waals surface area contributed by atoms with Crippen molar-refractivity contribution in [2.45, 2.75) is 38.1 Å². The molecule has 1 aliphatic rings. The third-order valence-electron chi connectivity index (χ3n) is 4.12. The van der Waals surface area contributed by atoms with Crippen LogP contribution in [-0.4, -0.2) is 16.5 Å². The summed E-state index contributed by atoms with van der Waals surface area (Å²) >= 11 is 13.5. The van der Waals surface area contributed by atoms with Gasteiger partial charge in [-0.15, -0.1) is 11.3 Å². The van der Waals surface area contributed by atoms with E-state index < -0.39 is 0 Å². The topological polar surface area (TPSA) is 46.4 Å². The summed E-state index contributed by atoms with van der Waals surface area (Å²) in [5.74, 6) is -0.103. The van der Waals surface area contributed by atoms with Crippen LogP contribution in [0, 0.1) is 0 Å². The van der Waals surface area contributed by atoms with E-state index in [1.54, 1.807) is 29.5 Å². The number of nitrogens with one attached hydrogen (secondary N) is 1. The fraction of sp³-hybridized carbons (Fsp3) is 0.412. The summed E-state index contributed by atoms with van der Waals surface area (Å²) in [6.45, 7) is 0. The molecular formula is C17H19Cl2N3OS. The predicted octanol–water partition coefficient (Wildman–Crippen LogP) is 4.42. The summed E-state index contributed by atoms with van der Waals surface area (Å²) in [5, 5.41) is 5.83. The van der Waals surface area contributed by atoms with Gasteiger partial charge in [-0.25, -0.2) is 0 Å². The Labute approximate surface area is 155 Å². The van der Waals surface area contributed by atoms with Gasteiger partial charge in [-0.3, -0.25) is 9.79 Å². The van der Waals surface area contributed by atoms with Crippen molar-refractivity contribution in [1.82, 2.24) is 4.57 Å². The van der Waals surface area contributed by atoms with Gasteiger partial charge in [0.05, 0.1) is 12.5 Å². The van der Waals surface area contributed by atoms with E-state index in [4.69, 9.17) is 28.2 Å². The molecule has 2 aromatic rings. The van der Waals surface area contributed by atoms with Crippen LogP contribution in [0.1, 0.15) is 31.4 Å². The first-order valence-electron chi connectivity index (χ1n) is 7.94. The molecule has 1 fully saturated rings. The van der Waals surface area contributed by atoms with Gasteiger partial charge in [0.25, 0.3) is 0 Å². The number of thiazole rings is 1. The fourth-order valence-corrected chi connectivity index (χ4v) is 4.36. The number of carbonyl (C=O) groups is 1. The molecular weight excluding hydrogens is 365 g/mol. The van der Waals surface area contributed by atoms with E-state index in [-0.39, 0.29) is 12.3 Å². The standard InChI is InChI=1S/C17H19Cl2N3OS/c1-22-15(10-24-17(22)21-13-4-2-3-5-13)9-16(23)20-14-7-11(18)6-12(19)8-14/h6-8,10,13H,2-5,9H2,1H3,(H,20,23). The van der Waals surface area contributed by atoms with Gasteiger partial charge in [-0.1, -0.05) is 36.0 Å². The van der Waals surface area contributed by atoms with Gasteiger partial charge in [0.15, 0.2) is 4.80 Å². The smallest absolute Gasteiger partial charge is 0.230 e. The van der Waals surface area contributed by atoms with Gasteiger partial charge in [0.1, 0.15) is 0 Å². The maximum atomic E-state index is 12.3. The van der Waals surface area contributed by atoms with E-state index in [0.717, 1.165) is 10.5 Å². The van der Waals surface area contributed by atoms with Crippen LogP contribution in [0.15, 0.2) is 28.6 Å². The Morgan fingerprint density at radius 3 is 2.62 bits per heavy atom. The van der Waals surface area contributed by atoms with Crippen LogP contribution in [0.4, 0.5) is 5.69 Å². The van der Waals surface area contributed by atoms with Gasteiger partial charge in [-0.2, -0.15) is 0 Å². The molecule has 1 saturated carbocycles. The van der Waals surface area contributed by atoms with Crippen molar-refractivity contribution in [3.8, 4) is 0 Å². The van der Waals surface area contributed by atoms with Crippen LogP contribution in [0.3, 0.4) is 0 Å². The number of amides is 1. The molecule has 24 heavy (non-hydrogen) atoms. The molecule has 0 spiro atoms. The number of halogens is 2. The largest absolute Gasteiger partial charge is 0.326 e. The van der Waals surface area contributed by atoms with Crippen LogP contribution in [-0.2, 0) is 18.3 Å². The van der Waals surface area contributed by atoms with Crippen molar-refractivity contribution in [2.24, 2.45) is 12.0 Å². The first-order valence-corrected chi connectivity index (χ1v) is 9.58. The second-order valence-electron chi connectivity index (χ2n) is 6.02. The highest BCUT2D eigenvalue weighted by atomic mass is 35.5. The Hall–Kier alpha value is -1.30. The lowest BCUT2D eigenvalue weighted by molar-refractivity contribution is -0.115. The molecule has 3 rings (SSSR count). The highest BCUT2D eigenvalue weighted by Gasteiger charge is 2.14. The van der Waals surface area contributed by atoms with Crippen molar-refractivity contribution in [2.75, 3.05) is 5.32 Å². The minimum absolute atomic E-state index is 0.103. The summed E-state index contributed by atoms with van der Waals surface area (Å²) in [6.07, 6.45) is 5.16. The quantitative estimate of drug-likeness (QED) is 0.834. The highest BCUT2D eigenvalue weighted by molar-refractivity contribution is 7.07. The lowest BCUT2D eigenvalue weighted by atomic mass is 10.2. The van der Waals surface area contributed by atoms with Crippen molar-refractivity contribution in [3.63, 3.8) is 0 Å². The number of hydrogen-bond acceptors (Lipinski definition) is 3. The summed E-state index contributed by atoms with van der Waals surface area (Å²) in [5.41, 5.74) is 1.55. The van der Waals surface area contributed by atoms with E-state index in [1.807, 2.05) is 17.0 Å². The lowest BCUT2D eigenvalue weighted by Crippen LogP contribution is -2.20. The molecule has 0 saturated heterocycles. The fourth-order valence-electron chi connectivity index (χ4n) is 2.86. The van der Waals surface area contributed by atoms with Crippen molar-refractivity contribution in [1.29, 1.82) is 0 Å². The molecule has 0 radical (unpaired) electrons. The van der Waals surface area contributed by atoms with Gasteiger partial charge in [0, 0.05) is 33.9 Å². The molecule has 1 aromatic carbocycles. The molecule has 0 atom stereocenters. The maximum Gasteiger partial charge on any atom is 0.230 e. The van der Waals surface area contributed by atoms with Crippen molar-refractivity contribution < 1.29 is 4.79 Å². The van der Waals surface area contributed by atoms with E-state index in [2.05, 4.69) is 5.32 Å². The van der Waals surface area contributed by atoms with Crippen molar-refractivity contribution in [3.05, 3.63) is 44.1 Å². The number of carbonyl (C=O) groups excluding carboxylic acids is 1. The molecule has 4 nitrogen and oxygen atoms in total. The number of nitrogens with zero attached hydrogens (tertiary/aromatic N) is 2. The van der Waals surface area contributed by atoms with Crippen LogP contribution in [0.5, 0.6) is 0 Å². The lowest BCUT2D eigenvalue weighted by Gasteiger charge is -2.07. The van der Waals surface area contributed by atoms with Crippen LogP contribution in [0.2, 0.25) is 10.0 Å². The predicted molar refractivity (Wildman–Crippen MR) is 99.9 cm³/mol. The Morgan fingerprint density at radius 1 is 1.29 bits per heavy atom. The molecule has 1 heterocycles. The van der Waals surface area contributed by atoms with E-state index in [9.17, 15) is 4.79 Å². The second kappa shape index (κ2) is 7.72. The molecule has 1 N–H and O–H groups in total. The molecule has 1 aromatic heterocycles. The normalized spacial score (nSPS) is 15.9. The molecule has 7 heteroatoms. The Morgan fingerprint density at radius 2 is 1.96 bits per heavy atom. The minimum Gasteiger partial charge on any atom is -0.326 e. The summed E-state index contributed by atoms with van der Waals surface area (Å²) in [4.78, 5) is 18.1. The Kier molecular flexibility index (Phi) is 5.64. The van der Waals surface area contributed by atoms with Crippen LogP contribution < -0.4 is 10.1 Å². The first-order chi connectivity index (χ1) is 11.5. The monoisotopic (exact) mass is 383 g/mol. The third kappa shape index (κ3) is 4.41. The Balaban J connectivity index is 1.69. The van der Waals surface area contributed by atoms with Crippen LogP contribution >= 0.6 is 34.5 Å². The maximum absolute atomic E-state index is 12.3. The van der Waals surface area contributed by atoms with Gasteiger partial charge < -0.3 is 9.88 Å². The SMILES string of the molecule is Cn1c(CC(=O)Nc2cc(Cl)cc(Cl)c2)csc1=NC1CCCC1. The third-order valence-corrected chi connectivity index (χ3v) is 5.54.